The molecule has 1 amide bonds. The number of ether oxygens (including phenoxy) is 3. The van der Waals surface area contributed by atoms with Crippen molar-refractivity contribution in [3.63, 3.8) is 0 Å². The number of para-hydroxylation sites is 1. The smallest absolute Gasteiger partial charge is 0.260 e. The van der Waals surface area contributed by atoms with Crippen LogP contribution in [0.3, 0.4) is 0 Å². The molecule has 1 unspecified atom stereocenters. The largest absolute Gasteiger partial charge is 0.493 e. The first-order valence-electron chi connectivity index (χ1n) is 8.26. The van der Waals surface area contributed by atoms with Gasteiger partial charge in [0.05, 0.1) is 14.2 Å². The lowest BCUT2D eigenvalue weighted by Gasteiger charge is -2.16. The molecule has 0 aromatic heterocycles. The summed E-state index contributed by atoms with van der Waals surface area (Å²) in [5.41, 5.74) is 2.07. The molecule has 1 N–H and O–H groups in total. The topological polar surface area (TPSA) is 56.8 Å². The number of hydrogen-bond acceptors (Lipinski definition) is 4. The van der Waals surface area contributed by atoms with Gasteiger partial charge in [-0.05, 0) is 49.6 Å². The van der Waals surface area contributed by atoms with Gasteiger partial charge in [0.15, 0.2) is 17.6 Å². The van der Waals surface area contributed by atoms with Crippen LogP contribution in [0, 0.1) is 6.92 Å². The number of rotatable bonds is 8. The lowest BCUT2D eigenvalue weighted by molar-refractivity contribution is -0.127. The van der Waals surface area contributed by atoms with Gasteiger partial charge in [-0.15, -0.1) is 0 Å². The molecule has 0 fully saturated rings. The van der Waals surface area contributed by atoms with E-state index in [0.717, 1.165) is 16.9 Å². The zero-order chi connectivity index (χ0) is 18.2. The van der Waals surface area contributed by atoms with Crippen molar-refractivity contribution in [2.24, 2.45) is 0 Å². The van der Waals surface area contributed by atoms with Crippen molar-refractivity contribution in [3.8, 4) is 17.2 Å². The van der Waals surface area contributed by atoms with Gasteiger partial charge in [0, 0.05) is 6.54 Å². The Labute approximate surface area is 148 Å². The molecule has 5 nitrogen and oxygen atoms in total. The van der Waals surface area contributed by atoms with Gasteiger partial charge in [0.2, 0.25) is 0 Å². The van der Waals surface area contributed by atoms with E-state index in [-0.39, 0.29) is 5.91 Å². The van der Waals surface area contributed by atoms with Crippen molar-refractivity contribution < 1.29 is 19.0 Å². The molecule has 2 aromatic rings. The molecular weight excluding hydrogens is 318 g/mol. The van der Waals surface area contributed by atoms with E-state index in [1.807, 2.05) is 49.4 Å². The molecule has 1 atom stereocenters. The van der Waals surface area contributed by atoms with E-state index in [1.54, 1.807) is 21.1 Å². The first kappa shape index (κ1) is 18.6. The number of amides is 1. The summed E-state index contributed by atoms with van der Waals surface area (Å²) in [5.74, 6) is 1.96. The Kier molecular flexibility index (Phi) is 6.69. The maximum Gasteiger partial charge on any atom is 0.260 e. The number of hydrogen-bond donors (Lipinski definition) is 1. The summed E-state index contributed by atoms with van der Waals surface area (Å²) in [5, 5.41) is 2.90. The lowest BCUT2D eigenvalue weighted by atomic mass is 10.1. The molecule has 0 spiro atoms. The van der Waals surface area contributed by atoms with E-state index < -0.39 is 6.10 Å². The molecule has 0 radical (unpaired) electrons. The summed E-state index contributed by atoms with van der Waals surface area (Å²) in [6.07, 6.45) is 0.148. The van der Waals surface area contributed by atoms with Gasteiger partial charge in [-0.1, -0.05) is 24.3 Å². The Bertz CT molecular complexity index is 715. The van der Waals surface area contributed by atoms with Gasteiger partial charge < -0.3 is 19.5 Å². The Morgan fingerprint density at radius 2 is 1.76 bits per heavy atom. The fraction of sp³-hybridized carbons (Fsp3) is 0.350. The van der Waals surface area contributed by atoms with Crippen molar-refractivity contribution >= 4 is 5.91 Å². The third-order valence-corrected chi connectivity index (χ3v) is 3.93. The van der Waals surface area contributed by atoms with E-state index >= 15 is 0 Å². The Morgan fingerprint density at radius 1 is 1.04 bits per heavy atom. The second-order valence-electron chi connectivity index (χ2n) is 5.76. The van der Waals surface area contributed by atoms with E-state index in [0.29, 0.717) is 24.5 Å². The average molecular weight is 343 g/mol. The van der Waals surface area contributed by atoms with Crippen molar-refractivity contribution in [2.75, 3.05) is 20.8 Å². The fourth-order valence-electron chi connectivity index (χ4n) is 2.44. The molecule has 0 bridgehead atoms. The minimum Gasteiger partial charge on any atom is -0.493 e. The van der Waals surface area contributed by atoms with Crippen LogP contribution in [0.25, 0.3) is 0 Å². The SMILES string of the molecule is COc1ccc(CCNC(=O)C(C)Oc2ccccc2C)cc1OC. The highest BCUT2D eigenvalue weighted by atomic mass is 16.5. The van der Waals surface area contributed by atoms with Crippen molar-refractivity contribution in [1.82, 2.24) is 5.32 Å². The van der Waals surface area contributed by atoms with Crippen molar-refractivity contribution in [2.45, 2.75) is 26.4 Å². The number of methoxy groups -OCH3 is 2. The molecule has 0 heterocycles. The second-order valence-corrected chi connectivity index (χ2v) is 5.76. The van der Waals surface area contributed by atoms with Crippen LogP contribution in [0.2, 0.25) is 0 Å². The van der Waals surface area contributed by atoms with Crippen LogP contribution in [-0.2, 0) is 11.2 Å². The third-order valence-electron chi connectivity index (χ3n) is 3.93. The first-order valence-corrected chi connectivity index (χ1v) is 8.26. The normalized spacial score (nSPS) is 11.5. The first-order chi connectivity index (χ1) is 12.0. The highest BCUT2D eigenvalue weighted by Gasteiger charge is 2.15. The van der Waals surface area contributed by atoms with Crippen LogP contribution in [0.15, 0.2) is 42.5 Å². The molecular formula is C20H25NO4. The van der Waals surface area contributed by atoms with Crippen molar-refractivity contribution in [3.05, 3.63) is 53.6 Å². The Balaban J connectivity index is 1.84. The van der Waals surface area contributed by atoms with Crippen LogP contribution < -0.4 is 19.5 Å². The molecule has 2 rings (SSSR count). The quantitative estimate of drug-likeness (QED) is 0.800. The molecule has 0 saturated heterocycles. The van der Waals surface area contributed by atoms with Crippen LogP contribution in [-0.4, -0.2) is 32.8 Å². The summed E-state index contributed by atoms with van der Waals surface area (Å²) < 4.78 is 16.2. The van der Waals surface area contributed by atoms with E-state index in [2.05, 4.69) is 5.32 Å². The Hall–Kier alpha value is -2.69. The zero-order valence-electron chi connectivity index (χ0n) is 15.2. The maximum atomic E-state index is 12.2. The molecule has 5 heteroatoms. The molecule has 0 aliphatic rings. The van der Waals surface area contributed by atoms with E-state index in [9.17, 15) is 4.79 Å². The van der Waals surface area contributed by atoms with E-state index in [4.69, 9.17) is 14.2 Å². The monoisotopic (exact) mass is 343 g/mol. The van der Waals surface area contributed by atoms with E-state index in [1.165, 1.54) is 0 Å². The van der Waals surface area contributed by atoms with Gasteiger partial charge in [0.1, 0.15) is 5.75 Å². The van der Waals surface area contributed by atoms with Gasteiger partial charge in [-0.25, -0.2) is 0 Å². The number of nitrogens with one attached hydrogen (secondary N) is 1. The number of benzene rings is 2. The molecule has 0 aliphatic carbocycles. The predicted molar refractivity (Wildman–Crippen MR) is 97.5 cm³/mol. The average Bonchev–Trinajstić information content (AvgIpc) is 2.63. The van der Waals surface area contributed by atoms with Gasteiger partial charge in [0.25, 0.3) is 5.91 Å². The molecule has 134 valence electrons. The summed E-state index contributed by atoms with van der Waals surface area (Å²) in [6.45, 7) is 4.23. The lowest BCUT2D eigenvalue weighted by Crippen LogP contribution is -2.37. The van der Waals surface area contributed by atoms with Gasteiger partial charge >= 0.3 is 0 Å². The Morgan fingerprint density at radius 3 is 2.44 bits per heavy atom. The number of carbonyl (C=O) groups excluding carboxylic acids is 1. The molecule has 25 heavy (non-hydrogen) atoms. The minimum absolute atomic E-state index is 0.135. The minimum atomic E-state index is -0.550. The number of carbonyl (C=O) groups is 1. The van der Waals surface area contributed by atoms with Crippen LogP contribution in [0.5, 0.6) is 17.2 Å². The molecule has 2 aromatic carbocycles. The van der Waals surface area contributed by atoms with Crippen molar-refractivity contribution in [1.29, 1.82) is 0 Å². The van der Waals surface area contributed by atoms with Crippen LogP contribution in [0.4, 0.5) is 0 Å². The number of aryl methyl sites for hydroxylation is 1. The fourth-order valence-corrected chi connectivity index (χ4v) is 2.44. The standard InChI is InChI=1S/C20H25NO4/c1-14-7-5-6-8-17(14)25-15(2)20(22)21-12-11-16-9-10-18(23-3)19(13-16)24-4/h5-10,13,15H,11-12H2,1-4H3,(H,21,22). The third kappa shape index (κ3) is 5.14. The summed E-state index contributed by atoms with van der Waals surface area (Å²) in [7, 11) is 3.21. The van der Waals surface area contributed by atoms with Gasteiger partial charge in [-0.2, -0.15) is 0 Å². The summed E-state index contributed by atoms with van der Waals surface area (Å²) in [6, 6.07) is 13.4. The zero-order valence-corrected chi connectivity index (χ0v) is 15.2. The maximum absolute atomic E-state index is 12.2. The van der Waals surface area contributed by atoms with Crippen LogP contribution >= 0.6 is 0 Å². The summed E-state index contributed by atoms with van der Waals surface area (Å²) in [4.78, 5) is 12.2. The highest BCUT2D eigenvalue weighted by Crippen LogP contribution is 2.27. The summed E-state index contributed by atoms with van der Waals surface area (Å²) >= 11 is 0. The van der Waals surface area contributed by atoms with Gasteiger partial charge in [-0.3, -0.25) is 4.79 Å². The predicted octanol–water partition coefficient (Wildman–Crippen LogP) is 3.14. The molecule has 0 saturated carbocycles. The highest BCUT2D eigenvalue weighted by molar-refractivity contribution is 5.80. The molecule has 0 aliphatic heterocycles. The second kappa shape index (κ2) is 8.97. The van der Waals surface area contributed by atoms with Crippen LogP contribution in [0.1, 0.15) is 18.1 Å².